The highest BCUT2D eigenvalue weighted by Crippen LogP contribution is 2.54. The van der Waals surface area contributed by atoms with Crippen molar-refractivity contribution in [2.24, 2.45) is 0 Å². The van der Waals surface area contributed by atoms with Crippen molar-refractivity contribution in [3.63, 3.8) is 0 Å². The van der Waals surface area contributed by atoms with Gasteiger partial charge in [0, 0.05) is 20.6 Å². The highest BCUT2D eigenvalue weighted by atomic mass is 35.5. The lowest BCUT2D eigenvalue weighted by Gasteiger charge is -2.18. The molecule has 0 fully saturated rings. The summed E-state index contributed by atoms with van der Waals surface area (Å²) in [5.41, 5.74) is 1.53. The van der Waals surface area contributed by atoms with Gasteiger partial charge in [0.1, 0.15) is 0 Å². The number of unbranched alkanes of at least 4 members (excludes halogenated alkanes) is 5. The van der Waals surface area contributed by atoms with E-state index in [9.17, 15) is 0 Å². The first-order valence-corrected chi connectivity index (χ1v) is 10.6. The zero-order valence-electron chi connectivity index (χ0n) is 12.9. The van der Waals surface area contributed by atoms with E-state index in [2.05, 4.69) is 50.6 Å². The Balaban J connectivity index is 0.00000324. The molecule has 1 aromatic carbocycles. The van der Waals surface area contributed by atoms with Gasteiger partial charge in [-0.3, -0.25) is 0 Å². The molecule has 0 N–H and O–H groups in total. The van der Waals surface area contributed by atoms with Crippen LogP contribution in [0.25, 0.3) is 0 Å². The molecule has 0 heterocycles. The Morgan fingerprint density at radius 2 is 1.42 bits per heavy atom. The van der Waals surface area contributed by atoms with Gasteiger partial charge in [-0.1, -0.05) is 62.9 Å². The molecule has 0 saturated heterocycles. The van der Waals surface area contributed by atoms with Gasteiger partial charge in [-0.2, -0.15) is 0 Å². The first-order valence-electron chi connectivity index (χ1n) is 7.50. The van der Waals surface area contributed by atoms with Crippen LogP contribution in [0.15, 0.2) is 30.3 Å². The summed E-state index contributed by atoms with van der Waals surface area (Å²) in [6.07, 6.45) is 11.3. The fourth-order valence-corrected chi connectivity index (χ4v) is 4.91. The smallest absolute Gasteiger partial charge is 0.0837 e. The third-order valence-corrected chi connectivity index (χ3v) is 6.32. The lowest BCUT2D eigenvalue weighted by molar-refractivity contribution is -0.00000414. The molecular weight excluding hydrogens is 271 g/mol. The fraction of sp³-hybridized carbons (Fsp3) is 0.647. The van der Waals surface area contributed by atoms with Gasteiger partial charge in [-0.15, -0.1) is 0 Å². The molecule has 1 aromatic rings. The molecule has 0 unspecified atom stereocenters. The summed E-state index contributed by atoms with van der Waals surface area (Å²) in [5, 5.41) is 0. The molecular formula is C17H30ClP. The van der Waals surface area contributed by atoms with Crippen LogP contribution in [0.4, 0.5) is 0 Å². The predicted molar refractivity (Wildman–Crippen MR) is 87.2 cm³/mol. The van der Waals surface area contributed by atoms with Gasteiger partial charge < -0.3 is 12.4 Å². The second kappa shape index (κ2) is 10.7. The molecule has 0 spiro atoms. The Bertz CT molecular complexity index is 308. The van der Waals surface area contributed by atoms with Gasteiger partial charge in [-0.05, 0) is 18.4 Å². The fourth-order valence-electron chi connectivity index (χ4n) is 2.48. The average molecular weight is 301 g/mol. The van der Waals surface area contributed by atoms with Crippen LogP contribution >= 0.6 is 7.26 Å². The number of benzene rings is 1. The minimum absolute atomic E-state index is 0. The van der Waals surface area contributed by atoms with Crippen LogP contribution in [0.5, 0.6) is 0 Å². The van der Waals surface area contributed by atoms with Gasteiger partial charge in [0.25, 0.3) is 0 Å². The van der Waals surface area contributed by atoms with Crippen LogP contribution in [0.3, 0.4) is 0 Å². The molecule has 0 amide bonds. The molecule has 0 aliphatic heterocycles. The number of rotatable bonds is 9. The van der Waals surface area contributed by atoms with Crippen molar-refractivity contribution in [3.8, 4) is 0 Å². The molecule has 19 heavy (non-hydrogen) atoms. The lowest BCUT2D eigenvalue weighted by atomic mass is 10.1. The topological polar surface area (TPSA) is 0 Å². The Morgan fingerprint density at radius 1 is 0.842 bits per heavy atom. The van der Waals surface area contributed by atoms with E-state index in [0.717, 1.165) is 0 Å². The highest BCUT2D eigenvalue weighted by molar-refractivity contribution is 7.73. The van der Waals surface area contributed by atoms with Crippen LogP contribution in [-0.4, -0.2) is 19.5 Å². The maximum Gasteiger partial charge on any atom is 0.0837 e. The molecule has 1 rings (SSSR count). The van der Waals surface area contributed by atoms with Gasteiger partial charge in [0.2, 0.25) is 0 Å². The lowest BCUT2D eigenvalue weighted by Crippen LogP contribution is -3.00. The monoisotopic (exact) mass is 300 g/mol. The number of hydrogen-bond donors (Lipinski definition) is 0. The van der Waals surface area contributed by atoms with Crippen LogP contribution < -0.4 is 12.4 Å². The van der Waals surface area contributed by atoms with E-state index in [-0.39, 0.29) is 12.4 Å². The van der Waals surface area contributed by atoms with E-state index in [4.69, 9.17) is 0 Å². The Kier molecular flexibility index (Phi) is 10.7. The molecule has 0 aromatic heterocycles. The zero-order chi connectivity index (χ0) is 13.3. The normalized spacial score (nSPS) is 11.1. The SMILES string of the molecule is CCCCCCCC[P+](C)(C)Cc1ccccc1.[Cl-]. The maximum atomic E-state index is 2.52. The van der Waals surface area contributed by atoms with Crippen LogP contribution in [0.1, 0.15) is 51.0 Å². The van der Waals surface area contributed by atoms with Crippen LogP contribution in [-0.2, 0) is 6.16 Å². The second-order valence-corrected chi connectivity index (χ2v) is 10.7. The minimum atomic E-state index is -0.720. The molecule has 0 aliphatic carbocycles. The van der Waals surface area contributed by atoms with Gasteiger partial charge in [0.05, 0.1) is 12.3 Å². The summed E-state index contributed by atoms with van der Waals surface area (Å²) in [6, 6.07) is 11.0. The van der Waals surface area contributed by atoms with Crippen molar-refractivity contribution in [3.05, 3.63) is 35.9 Å². The molecule has 0 radical (unpaired) electrons. The first kappa shape index (κ1) is 18.9. The highest BCUT2D eigenvalue weighted by Gasteiger charge is 2.24. The standard InChI is InChI=1S/C17H30P.ClH/c1-4-5-6-7-8-12-15-18(2,3)16-17-13-10-9-11-14-17;/h9-11,13-14H,4-8,12,15-16H2,1-3H3;1H/q+1;/p-1. The Labute approximate surface area is 127 Å². The third kappa shape index (κ3) is 9.47. The maximum absolute atomic E-state index is 2.52. The van der Waals surface area contributed by atoms with E-state index in [1.807, 2.05) is 0 Å². The number of halogens is 1. The largest absolute Gasteiger partial charge is 1.00 e. The van der Waals surface area contributed by atoms with Crippen molar-refractivity contribution in [1.82, 2.24) is 0 Å². The Morgan fingerprint density at radius 3 is 2.05 bits per heavy atom. The average Bonchev–Trinajstić information content (AvgIpc) is 2.34. The summed E-state index contributed by atoms with van der Waals surface area (Å²) < 4.78 is 0. The van der Waals surface area contributed by atoms with E-state index in [1.54, 1.807) is 0 Å². The second-order valence-electron chi connectivity index (χ2n) is 6.07. The zero-order valence-corrected chi connectivity index (χ0v) is 14.5. The van der Waals surface area contributed by atoms with E-state index in [1.165, 1.54) is 56.4 Å². The molecule has 0 atom stereocenters. The van der Waals surface area contributed by atoms with Crippen molar-refractivity contribution >= 4 is 7.26 Å². The van der Waals surface area contributed by atoms with Crippen molar-refractivity contribution in [2.45, 2.75) is 51.6 Å². The van der Waals surface area contributed by atoms with Crippen molar-refractivity contribution in [1.29, 1.82) is 0 Å². The summed E-state index contributed by atoms with van der Waals surface area (Å²) in [6.45, 7) is 7.33. The third-order valence-electron chi connectivity index (χ3n) is 3.57. The molecule has 0 nitrogen and oxygen atoms in total. The quantitative estimate of drug-likeness (QED) is 0.486. The summed E-state index contributed by atoms with van der Waals surface area (Å²) in [5.74, 6) is 0. The summed E-state index contributed by atoms with van der Waals surface area (Å²) >= 11 is 0. The van der Waals surface area contributed by atoms with E-state index >= 15 is 0 Å². The van der Waals surface area contributed by atoms with Gasteiger partial charge in [-0.25, -0.2) is 0 Å². The van der Waals surface area contributed by atoms with Crippen LogP contribution in [0.2, 0.25) is 0 Å². The summed E-state index contributed by atoms with van der Waals surface area (Å²) in [7, 11) is -0.720. The van der Waals surface area contributed by atoms with Gasteiger partial charge >= 0.3 is 0 Å². The minimum Gasteiger partial charge on any atom is -1.00 e. The molecule has 110 valence electrons. The predicted octanol–water partition coefficient (Wildman–Crippen LogP) is 2.83. The Hall–Kier alpha value is -0.0600. The molecule has 0 saturated carbocycles. The molecule has 0 aliphatic rings. The van der Waals surface area contributed by atoms with Crippen molar-refractivity contribution in [2.75, 3.05) is 19.5 Å². The van der Waals surface area contributed by atoms with Crippen LogP contribution in [0, 0.1) is 0 Å². The van der Waals surface area contributed by atoms with E-state index in [0.29, 0.717) is 0 Å². The molecule has 0 bridgehead atoms. The molecule has 2 heteroatoms. The van der Waals surface area contributed by atoms with Gasteiger partial charge in [0.15, 0.2) is 0 Å². The van der Waals surface area contributed by atoms with E-state index < -0.39 is 7.26 Å². The van der Waals surface area contributed by atoms with Crippen molar-refractivity contribution < 1.29 is 12.4 Å². The first-order chi connectivity index (χ1) is 8.64. The number of hydrogen-bond acceptors (Lipinski definition) is 0. The summed E-state index contributed by atoms with van der Waals surface area (Å²) in [4.78, 5) is 0.